The van der Waals surface area contributed by atoms with E-state index < -0.39 is 17.9 Å². The molecule has 4 heteroatoms. The van der Waals surface area contributed by atoms with Gasteiger partial charge in [-0.1, -0.05) is 44.2 Å². The highest BCUT2D eigenvalue weighted by Gasteiger charge is 2.25. The Balaban J connectivity index is 2.44. The van der Waals surface area contributed by atoms with Gasteiger partial charge in [0.15, 0.2) is 0 Å². The summed E-state index contributed by atoms with van der Waals surface area (Å²) in [5, 5.41) is 8.97. The predicted octanol–water partition coefficient (Wildman–Crippen LogP) is 2.48. The number of hydrogen-bond acceptors (Lipinski definition) is 3. The molecule has 0 saturated heterocycles. The third-order valence-electron chi connectivity index (χ3n) is 2.75. The lowest BCUT2D eigenvalue weighted by atomic mass is 9.93. The first kappa shape index (κ1) is 14.2. The number of ether oxygens (including phenoxy) is 1. The maximum absolute atomic E-state index is 11.6. The lowest BCUT2D eigenvalue weighted by Crippen LogP contribution is -2.24. The van der Waals surface area contributed by atoms with Crippen molar-refractivity contribution >= 4 is 11.9 Å². The zero-order valence-electron chi connectivity index (χ0n) is 10.6. The maximum atomic E-state index is 11.6. The number of hydrogen-bond donors (Lipinski definition) is 1. The van der Waals surface area contributed by atoms with Gasteiger partial charge in [-0.2, -0.15) is 0 Å². The quantitative estimate of drug-likeness (QED) is 0.788. The van der Waals surface area contributed by atoms with E-state index in [1.807, 2.05) is 30.3 Å². The molecule has 1 aromatic rings. The highest BCUT2D eigenvalue weighted by molar-refractivity contribution is 5.78. The van der Waals surface area contributed by atoms with Crippen LogP contribution < -0.4 is 0 Å². The first-order chi connectivity index (χ1) is 8.50. The zero-order valence-corrected chi connectivity index (χ0v) is 10.6. The second-order valence-corrected chi connectivity index (χ2v) is 4.54. The number of carboxylic acid groups (broad SMARTS) is 1. The Kier molecular flexibility index (Phi) is 5.36. The Hall–Kier alpha value is -1.84. The SMILES string of the molecule is CC(C)[C@H](CC(=O)OCc1ccccc1)C(=O)O. The van der Waals surface area contributed by atoms with E-state index in [0.717, 1.165) is 5.56 Å². The van der Waals surface area contributed by atoms with Crippen molar-refractivity contribution in [1.82, 2.24) is 0 Å². The monoisotopic (exact) mass is 250 g/mol. The van der Waals surface area contributed by atoms with Gasteiger partial charge >= 0.3 is 11.9 Å². The van der Waals surface area contributed by atoms with Crippen molar-refractivity contribution in [1.29, 1.82) is 0 Å². The molecular formula is C14H18O4. The molecule has 0 aliphatic carbocycles. The van der Waals surface area contributed by atoms with Crippen LogP contribution in [0.1, 0.15) is 25.8 Å². The largest absolute Gasteiger partial charge is 0.481 e. The van der Waals surface area contributed by atoms with Crippen molar-refractivity contribution in [3.8, 4) is 0 Å². The fourth-order valence-corrected chi connectivity index (χ4v) is 1.58. The molecule has 0 aromatic heterocycles. The number of esters is 1. The molecule has 0 unspecified atom stereocenters. The molecule has 1 rings (SSSR count). The van der Waals surface area contributed by atoms with Gasteiger partial charge < -0.3 is 9.84 Å². The molecule has 1 atom stereocenters. The van der Waals surface area contributed by atoms with Gasteiger partial charge in [0.25, 0.3) is 0 Å². The maximum Gasteiger partial charge on any atom is 0.307 e. The lowest BCUT2D eigenvalue weighted by molar-refractivity contribution is -0.153. The fraction of sp³-hybridized carbons (Fsp3) is 0.429. The molecule has 0 amide bonds. The van der Waals surface area contributed by atoms with E-state index in [4.69, 9.17) is 9.84 Å². The zero-order chi connectivity index (χ0) is 13.5. The van der Waals surface area contributed by atoms with Crippen LogP contribution in [0.5, 0.6) is 0 Å². The first-order valence-electron chi connectivity index (χ1n) is 5.93. The van der Waals surface area contributed by atoms with Crippen LogP contribution in [0.25, 0.3) is 0 Å². The standard InChI is InChI=1S/C14H18O4/c1-10(2)12(14(16)17)8-13(15)18-9-11-6-4-3-5-7-11/h3-7,10,12H,8-9H2,1-2H3,(H,16,17)/t12-/m0/s1. The van der Waals surface area contributed by atoms with E-state index in [9.17, 15) is 9.59 Å². The number of carbonyl (C=O) groups excluding carboxylic acids is 1. The van der Waals surface area contributed by atoms with Gasteiger partial charge in [0.05, 0.1) is 12.3 Å². The first-order valence-corrected chi connectivity index (χ1v) is 5.93. The molecule has 0 saturated carbocycles. The van der Waals surface area contributed by atoms with Gasteiger partial charge in [0.2, 0.25) is 0 Å². The Bertz CT molecular complexity index is 398. The number of carboxylic acids is 1. The average Bonchev–Trinajstić information content (AvgIpc) is 2.34. The van der Waals surface area contributed by atoms with E-state index in [2.05, 4.69) is 0 Å². The van der Waals surface area contributed by atoms with Crippen molar-refractivity contribution in [2.45, 2.75) is 26.9 Å². The topological polar surface area (TPSA) is 63.6 Å². The molecule has 0 radical (unpaired) electrons. The minimum absolute atomic E-state index is 0.0835. The van der Waals surface area contributed by atoms with E-state index in [-0.39, 0.29) is 18.9 Å². The van der Waals surface area contributed by atoms with Crippen LogP contribution in [0.4, 0.5) is 0 Å². The fourth-order valence-electron chi connectivity index (χ4n) is 1.58. The highest BCUT2D eigenvalue weighted by Crippen LogP contribution is 2.16. The van der Waals surface area contributed by atoms with Crippen molar-refractivity contribution in [2.75, 3.05) is 0 Å². The lowest BCUT2D eigenvalue weighted by Gasteiger charge is -2.15. The summed E-state index contributed by atoms with van der Waals surface area (Å²) in [6, 6.07) is 9.30. The Morgan fingerprint density at radius 3 is 2.33 bits per heavy atom. The van der Waals surface area contributed by atoms with Gasteiger partial charge in [-0.05, 0) is 11.5 Å². The molecular weight excluding hydrogens is 232 g/mol. The van der Waals surface area contributed by atoms with E-state index in [0.29, 0.717) is 0 Å². The molecule has 0 spiro atoms. The molecule has 0 bridgehead atoms. The van der Waals surface area contributed by atoms with Gasteiger partial charge in [-0.3, -0.25) is 9.59 Å². The number of rotatable bonds is 6. The summed E-state index contributed by atoms with van der Waals surface area (Å²) in [7, 11) is 0. The molecule has 4 nitrogen and oxygen atoms in total. The smallest absolute Gasteiger partial charge is 0.307 e. The van der Waals surface area contributed by atoms with E-state index in [1.165, 1.54) is 0 Å². The molecule has 0 aliphatic heterocycles. The molecule has 18 heavy (non-hydrogen) atoms. The highest BCUT2D eigenvalue weighted by atomic mass is 16.5. The molecule has 98 valence electrons. The Morgan fingerprint density at radius 1 is 1.22 bits per heavy atom. The van der Waals surface area contributed by atoms with Crippen LogP contribution in [0, 0.1) is 11.8 Å². The second-order valence-electron chi connectivity index (χ2n) is 4.54. The summed E-state index contributed by atoms with van der Waals surface area (Å²) in [6.07, 6.45) is -0.0835. The van der Waals surface area contributed by atoms with Crippen molar-refractivity contribution in [2.24, 2.45) is 11.8 Å². The van der Waals surface area contributed by atoms with Crippen LogP contribution in [0.2, 0.25) is 0 Å². The molecule has 0 aliphatic rings. The number of carbonyl (C=O) groups is 2. The van der Waals surface area contributed by atoms with Gasteiger partial charge in [0.1, 0.15) is 6.61 Å². The predicted molar refractivity (Wildman–Crippen MR) is 66.8 cm³/mol. The van der Waals surface area contributed by atoms with Crippen LogP contribution in [-0.2, 0) is 20.9 Å². The number of benzene rings is 1. The second kappa shape index (κ2) is 6.79. The van der Waals surface area contributed by atoms with E-state index in [1.54, 1.807) is 13.8 Å². The molecule has 1 N–H and O–H groups in total. The van der Waals surface area contributed by atoms with Crippen molar-refractivity contribution in [3.05, 3.63) is 35.9 Å². The van der Waals surface area contributed by atoms with Crippen LogP contribution >= 0.6 is 0 Å². The van der Waals surface area contributed by atoms with Gasteiger partial charge in [-0.25, -0.2) is 0 Å². The molecule has 0 heterocycles. The summed E-state index contributed by atoms with van der Waals surface area (Å²) in [5.41, 5.74) is 0.891. The van der Waals surface area contributed by atoms with Crippen LogP contribution in [0.15, 0.2) is 30.3 Å². The van der Waals surface area contributed by atoms with E-state index >= 15 is 0 Å². The third kappa shape index (κ3) is 4.57. The Labute approximate surface area is 107 Å². The summed E-state index contributed by atoms with van der Waals surface area (Å²) in [5.74, 6) is -2.21. The number of aliphatic carboxylic acids is 1. The Morgan fingerprint density at radius 2 is 1.83 bits per heavy atom. The third-order valence-corrected chi connectivity index (χ3v) is 2.75. The summed E-state index contributed by atoms with van der Waals surface area (Å²) in [6.45, 7) is 3.75. The van der Waals surface area contributed by atoms with Crippen LogP contribution in [0.3, 0.4) is 0 Å². The van der Waals surface area contributed by atoms with Crippen molar-refractivity contribution in [3.63, 3.8) is 0 Å². The van der Waals surface area contributed by atoms with Gasteiger partial charge in [0, 0.05) is 0 Å². The summed E-state index contributed by atoms with van der Waals surface area (Å²) >= 11 is 0. The summed E-state index contributed by atoms with van der Waals surface area (Å²) < 4.78 is 5.06. The van der Waals surface area contributed by atoms with Crippen molar-refractivity contribution < 1.29 is 19.4 Å². The minimum Gasteiger partial charge on any atom is -0.481 e. The normalized spacial score (nSPS) is 12.2. The average molecular weight is 250 g/mol. The summed E-state index contributed by atoms with van der Waals surface area (Å²) in [4.78, 5) is 22.5. The minimum atomic E-state index is -0.957. The molecule has 0 fully saturated rings. The van der Waals surface area contributed by atoms with Crippen LogP contribution in [-0.4, -0.2) is 17.0 Å². The van der Waals surface area contributed by atoms with Gasteiger partial charge in [-0.15, -0.1) is 0 Å². The molecule has 1 aromatic carbocycles.